The number of nitrogens with zero attached hydrogens (tertiary/aromatic N) is 1. The van der Waals surface area contributed by atoms with Crippen LogP contribution in [0.3, 0.4) is 0 Å². The maximum absolute atomic E-state index is 12.6. The number of carbonyl (C=O) groups is 2. The van der Waals surface area contributed by atoms with Gasteiger partial charge in [0, 0.05) is 25.3 Å². The van der Waals surface area contributed by atoms with Crippen molar-refractivity contribution in [2.24, 2.45) is 0 Å². The summed E-state index contributed by atoms with van der Waals surface area (Å²) in [6, 6.07) is 7.79. The molecule has 1 fully saturated rings. The standard InChI is InChI=1S/C16H21N3O2/c1-10-9-12(11-5-3-4-6-13(11)17-10)15(20)18-14-7-8-19(2)16(14)21/h3-6,10,12,14,17H,7-9H2,1-2H3,(H,18,20). The Kier molecular flexibility index (Phi) is 3.57. The molecule has 3 atom stereocenters. The first kappa shape index (κ1) is 13.9. The summed E-state index contributed by atoms with van der Waals surface area (Å²) in [5.41, 5.74) is 2.04. The molecule has 2 aliphatic rings. The molecule has 0 aliphatic carbocycles. The molecule has 1 aromatic carbocycles. The summed E-state index contributed by atoms with van der Waals surface area (Å²) >= 11 is 0. The summed E-state index contributed by atoms with van der Waals surface area (Å²) in [5.74, 6) is -0.209. The maximum atomic E-state index is 12.6. The molecular formula is C16H21N3O2. The van der Waals surface area contributed by atoms with E-state index in [1.807, 2.05) is 24.3 Å². The van der Waals surface area contributed by atoms with Crippen LogP contribution in [0.1, 0.15) is 31.2 Å². The Morgan fingerprint density at radius 3 is 2.86 bits per heavy atom. The van der Waals surface area contributed by atoms with Crippen LogP contribution in [0.25, 0.3) is 0 Å². The highest BCUT2D eigenvalue weighted by Crippen LogP contribution is 2.34. The number of nitrogens with one attached hydrogen (secondary N) is 2. The van der Waals surface area contributed by atoms with Crippen molar-refractivity contribution in [2.45, 2.75) is 37.8 Å². The molecular weight excluding hydrogens is 266 g/mol. The van der Waals surface area contributed by atoms with E-state index in [1.165, 1.54) is 0 Å². The fraction of sp³-hybridized carbons (Fsp3) is 0.500. The van der Waals surface area contributed by atoms with Crippen LogP contribution in [-0.2, 0) is 9.59 Å². The van der Waals surface area contributed by atoms with Crippen LogP contribution in [-0.4, -0.2) is 42.4 Å². The van der Waals surface area contributed by atoms with Gasteiger partial charge in [-0.3, -0.25) is 9.59 Å². The number of carbonyl (C=O) groups excluding carboxylic acids is 2. The third kappa shape index (κ3) is 2.60. The molecule has 0 saturated carbocycles. The lowest BCUT2D eigenvalue weighted by molar-refractivity contribution is -0.132. The number of fused-ring (bicyclic) bond motifs is 1. The van der Waals surface area contributed by atoms with Crippen molar-refractivity contribution >= 4 is 17.5 Å². The topological polar surface area (TPSA) is 61.4 Å². The largest absolute Gasteiger partial charge is 0.382 e. The van der Waals surface area contributed by atoms with Gasteiger partial charge in [0.2, 0.25) is 11.8 Å². The molecule has 2 aliphatic heterocycles. The van der Waals surface area contributed by atoms with Gasteiger partial charge in [-0.1, -0.05) is 18.2 Å². The van der Waals surface area contributed by atoms with Gasteiger partial charge >= 0.3 is 0 Å². The lowest BCUT2D eigenvalue weighted by atomic mass is 9.86. The van der Waals surface area contributed by atoms with Crippen molar-refractivity contribution in [2.75, 3.05) is 18.9 Å². The number of para-hydroxylation sites is 1. The van der Waals surface area contributed by atoms with Crippen LogP contribution >= 0.6 is 0 Å². The molecule has 1 saturated heterocycles. The normalized spacial score (nSPS) is 28.0. The van der Waals surface area contributed by atoms with Crippen molar-refractivity contribution in [3.63, 3.8) is 0 Å². The highest BCUT2D eigenvalue weighted by Gasteiger charge is 2.35. The minimum absolute atomic E-state index is 0.0126. The molecule has 2 amide bonds. The van der Waals surface area contributed by atoms with Crippen LogP contribution in [0.2, 0.25) is 0 Å². The molecule has 0 bridgehead atoms. The first-order valence-corrected chi connectivity index (χ1v) is 7.47. The number of benzene rings is 1. The van der Waals surface area contributed by atoms with Crippen molar-refractivity contribution in [3.8, 4) is 0 Å². The van der Waals surface area contributed by atoms with Gasteiger partial charge in [-0.15, -0.1) is 0 Å². The van der Waals surface area contributed by atoms with E-state index in [-0.39, 0.29) is 29.8 Å². The Bertz CT molecular complexity index is 572. The minimum Gasteiger partial charge on any atom is -0.382 e. The highest BCUT2D eigenvalue weighted by atomic mass is 16.2. The highest BCUT2D eigenvalue weighted by molar-refractivity contribution is 5.92. The van der Waals surface area contributed by atoms with Gasteiger partial charge in [0.05, 0.1) is 5.92 Å². The molecule has 112 valence electrons. The van der Waals surface area contributed by atoms with Crippen LogP contribution in [0.5, 0.6) is 0 Å². The van der Waals surface area contributed by atoms with Crippen LogP contribution in [0, 0.1) is 0 Å². The van der Waals surface area contributed by atoms with E-state index in [4.69, 9.17) is 0 Å². The molecule has 3 unspecified atom stereocenters. The van der Waals surface area contributed by atoms with Crippen LogP contribution in [0.4, 0.5) is 5.69 Å². The monoisotopic (exact) mass is 287 g/mol. The molecule has 0 spiro atoms. The molecule has 21 heavy (non-hydrogen) atoms. The van der Waals surface area contributed by atoms with Crippen molar-refractivity contribution in [3.05, 3.63) is 29.8 Å². The lowest BCUT2D eigenvalue weighted by Gasteiger charge is -2.31. The fourth-order valence-electron chi connectivity index (χ4n) is 3.21. The Morgan fingerprint density at radius 2 is 2.14 bits per heavy atom. The van der Waals surface area contributed by atoms with Gasteiger partial charge in [-0.05, 0) is 31.4 Å². The summed E-state index contributed by atoms with van der Waals surface area (Å²) in [6.07, 6.45) is 1.45. The van der Waals surface area contributed by atoms with Gasteiger partial charge in [0.25, 0.3) is 0 Å². The van der Waals surface area contributed by atoms with E-state index in [0.29, 0.717) is 13.0 Å². The Balaban J connectivity index is 1.77. The molecule has 5 nitrogen and oxygen atoms in total. The van der Waals surface area contributed by atoms with Crippen LogP contribution in [0.15, 0.2) is 24.3 Å². The number of hydrogen-bond acceptors (Lipinski definition) is 3. The lowest BCUT2D eigenvalue weighted by Crippen LogP contribution is -2.44. The van der Waals surface area contributed by atoms with Gasteiger partial charge < -0.3 is 15.5 Å². The van der Waals surface area contributed by atoms with Crippen molar-refractivity contribution in [1.82, 2.24) is 10.2 Å². The van der Waals surface area contributed by atoms with E-state index >= 15 is 0 Å². The summed E-state index contributed by atoms with van der Waals surface area (Å²) in [6.45, 7) is 2.79. The average Bonchev–Trinajstić information content (AvgIpc) is 2.78. The van der Waals surface area contributed by atoms with Crippen LogP contribution < -0.4 is 10.6 Å². The van der Waals surface area contributed by atoms with E-state index < -0.39 is 0 Å². The molecule has 2 N–H and O–H groups in total. The summed E-state index contributed by atoms with van der Waals surface area (Å²) in [5, 5.41) is 6.33. The smallest absolute Gasteiger partial charge is 0.244 e. The van der Waals surface area contributed by atoms with Crippen molar-refractivity contribution in [1.29, 1.82) is 0 Å². The minimum atomic E-state index is -0.361. The zero-order chi connectivity index (χ0) is 15.0. The number of amides is 2. The zero-order valence-electron chi connectivity index (χ0n) is 12.4. The first-order valence-electron chi connectivity index (χ1n) is 7.47. The summed E-state index contributed by atoms with van der Waals surface area (Å²) < 4.78 is 0. The van der Waals surface area contributed by atoms with E-state index in [1.54, 1.807) is 11.9 Å². The van der Waals surface area contributed by atoms with E-state index in [0.717, 1.165) is 17.7 Å². The summed E-state index contributed by atoms with van der Waals surface area (Å²) in [7, 11) is 1.77. The summed E-state index contributed by atoms with van der Waals surface area (Å²) in [4.78, 5) is 26.2. The first-order chi connectivity index (χ1) is 10.1. The van der Waals surface area contributed by atoms with E-state index in [9.17, 15) is 9.59 Å². The molecule has 5 heteroatoms. The van der Waals surface area contributed by atoms with Crippen molar-refractivity contribution < 1.29 is 9.59 Å². The fourth-order valence-corrected chi connectivity index (χ4v) is 3.21. The molecule has 0 radical (unpaired) electrons. The second kappa shape index (κ2) is 5.39. The number of likely N-dealkylation sites (tertiary alicyclic amines) is 1. The Morgan fingerprint density at radius 1 is 1.38 bits per heavy atom. The number of hydrogen-bond donors (Lipinski definition) is 2. The predicted molar refractivity (Wildman–Crippen MR) is 81.1 cm³/mol. The number of anilines is 1. The third-order valence-electron chi connectivity index (χ3n) is 4.39. The number of likely N-dealkylation sites (N-methyl/N-ethyl adjacent to an activating group) is 1. The van der Waals surface area contributed by atoms with Gasteiger partial charge in [0.1, 0.15) is 6.04 Å². The molecule has 2 heterocycles. The number of rotatable bonds is 2. The molecule has 0 aromatic heterocycles. The SMILES string of the molecule is CC1CC(C(=O)NC2CCN(C)C2=O)c2ccccc2N1. The predicted octanol–water partition coefficient (Wildman–Crippen LogP) is 1.32. The quantitative estimate of drug-likeness (QED) is 0.862. The molecule has 3 rings (SSSR count). The zero-order valence-corrected chi connectivity index (χ0v) is 12.4. The molecule has 1 aromatic rings. The second-order valence-electron chi connectivity index (χ2n) is 6.03. The van der Waals surface area contributed by atoms with Gasteiger partial charge in [-0.2, -0.15) is 0 Å². The van der Waals surface area contributed by atoms with Gasteiger partial charge in [0.15, 0.2) is 0 Å². The third-order valence-corrected chi connectivity index (χ3v) is 4.39. The Labute approximate surface area is 124 Å². The van der Waals surface area contributed by atoms with E-state index in [2.05, 4.69) is 17.6 Å². The maximum Gasteiger partial charge on any atom is 0.244 e. The second-order valence-corrected chi connectivity index (χ2v) is 6.03. The average molecular weight is 287 g/mol. The van der Waals surface area contributed by atoms with Gasteiger partial charge in [-0.25, -0.2) is 0 Å². The Hall–Kier alpha value is -2.04.